The first-order valence-corrected chi connectivity index (χ1v) is 7.33. The smallest absolute Gasteiger partial charge is 0.244 e. The molecule has 102 valence electrons. The molecule has 1 aromatic carbocycles. The van der Waals surface area contributed by atoms with Crippen LogP contribution < -0.4 is 10.2 Å². The number of fused-ring (bicyclic) bond motifs is 1. The maximum Gasteiger partial charge on any atom is 0.244 e. The van der Waals surface area contributed by atoms with Crippen LogP contribution in [0.5, 0.6) is 0 Å². The molecule has 1 N–H and O–H groups in total. The molecule has 20 heavy (non-hydrogen) atoms. The van der Waals surface area contributed by atoms with Gasteiger partial charge in [0, 0.05) is 11.3 Å². The Morgan fingerprint density at radius 2 is 2.10 bits per heavy atom. The number of nitrogens with one attached hydrogen (secondary N) is 1. The van der Waals surface area contributed by atoms with Gasteiger partial charge < -0.3 is 10.2 Å². The molecule has 1 aliphatic rings. The zero-order valence-electron chi connectivity index (χ0n) is 10.8. The van der Waals surface area contributed by atoms with Crippen molar-refractivity contribution in [3.8, 4) is 0 Å². The molecule has 0 bridgehead atoms. The lowest BCUT2D eigenvalue weighted by Crippen LogP contribution is -2.42. The van der Waals surface area contributed by atoms with Crippen LogP contribution in [0.2, 0.25) is 0 Å². The van der Waals surface area contributed by atoms with Gasteiger partial charge in [0.15, 0.2) is 0 Å². The maximum atomic E-state index is 12.4. The number of hydrogen-bond donors (Lipinski definition) is 1. The number of rotatable bonds is 3. The molecule has 0 radical (unpaired) electrons. The SMILES string of the molecule is O=C1CN(C(=O)CCc2cccs2)c2ccccc2N1. The summed E-state index contributed by atoms with van der Waals surface area (Å²) in [5.74, 6) is -0.158. The van der Waals surface area contributed by atoms with Gasteiger partial charge in [0.05, 0.1) is 11.4 Å². The monoisotopic (exact) mass is 286 g/mol. The summed E-state index contributed by atoms with van der Waals surface area (Å²) in [5, 5.41) is 4.79. The molecule has 0 fully saturated rings. The Balaban J connectivity index is 1.76. The third kappa shape index (κ3) is 2.58. The topological polar surface area (TPSA) is 49.4 Å². The highest BCUT2D eigenvalue weighted by molar-refractivity contribution is 7.09. The molecule has 0 aliphatic carbocycles. The number of carbonyl (C=O) groups is 2. The molecule has 2 aromatic rings. The number of para-hydroxylation sites is 2. The largest absolute Gasteiger partial charge is 0.323 e. The van der Waals surface area contributed by atoms with Crippen LogP contribution in [-0.4, -0.2) is 18.4 Å². The Hall–Kier alpha value is -2.14. The van der Waals surface area contributed by atoms with E-state index in [9.17, 15) is 9.59 Å². The number of anilines is 2. The second-order valence-electron chi connectivity index (χ2n) is 4.62. The number of carbonyl (C=O) groups excluding carboxylic acids is 2. The average Bonchev–Trinajstić information content (AvgIpc) is 2.97. The summed E-state index contributed by atoms with van der Waals surface area (Å²) >= 11 is 1.65. The van der Waals surface area contributed by atoms with Crippen molar-refractivity contribution in [2.75, 3.05) is 16.8 Å². The number of amides is 2. The van der Waals surface area contributed by atoms with Crippen molar-refractivity contribution in [3.05, 3.63) is 46.7 Å². The van der Waals surface area contributed by atoms with Crippen LogP contribution in [0.15, 0.2) is 41.8 Å². The van der Waals surface area contributed by atoms with Crippen molar-refractivity contribution in [1.29, 1.82) is 0 Å². The second-order valence-corrected chi connectivity index (χ2v) is 5.66. The lowest BCUT2D eigenvalue weighted by Gasteiger charge is -2.29. The van der Waals surface area contributed by atoms with Crippen LogP contribution in [0.4, 0.5) is 11.4 Å². The van der Waals surface area contributed by atoms with Crippen molar-refractivity contribution >= 4 is 34.5 Å². The zero-order chi connectivity index (χ0) is 13.9. The first kappa shape index (κ1) is 12.9. The van der Waals surface area contributed by atoms with E-state index in [1.807, 2.05) is 41.8 Å². The van der Waals surface area contributed by atoms with Crippen LogP contribution >= 0.6 is 11.3 Å². The van der Waals surface area contributed by atoms with E-state index >= 15 is 0 Å². The standard InChI is InChI=1S/C15H14N2O2S/c18-14-10-17(13-6-2-1-5-12(13)16-14)15(19)8-7-11-4-3-9-20-11/h1-6,9H,7-8,10H2,(H,16,18). The summed E-state index contributed by atoms with van der Waals surface area (Å²) in [5.41, 5.74) is 1.48. The third-order valence-electron chi connectivity index (χ3n) is 3.24. The lowest BCUT2D eigenvalue weighted by molar-refractivity contribution is -0.121. The number of thiophene rings is 1. The molecule has 4 nitrogen and oxygen atoms in total. The van der Waals surface area contributed by atoms with Crippen LogP contribution in [0, 0.1) is 0 Å². The van der Waals surface area contributed by atoms with Gasteiger partial charge in [-0.2, -0.15) is 0 Å². The minimum absolute atomic E-state index is 0.0132. The molecule has 0 unspecified atom stereocenters. The molecule has 1 aliphatic heterocycles. The van der Waals surface area contributed by atoms with E-state index in [1.165, 1.54) is 4.88 Å². The van der Waals surface area contributed by atoms with Crippen molar-refractivity contribution < 1.29 is 9.59 Å². The Labute approximate surface area is 121 Å². The van der Waals surface area contributed by atoms with Gasteiger partial charge in [-0.15, -0.1) is 11.3 Å². The molecule has 5 heteroatoms. The van der Waals surface area contributed by atoms with Crippen molar-refractivity contribution in [3.63, 3.8) is 0 Å². The molecule has 0 saturated carbocycles. The molecular weight excluding hydrogens is 272 g/mol. The molecule has 2 amide bonds. The highest BCUT2D eigenvalue weighted by atomic mass is 32.1. The summed E-state index contributed by atoms with van der Waals surface area (Å²) in [6.07, 6.45) is 1.14. The van der Waals surface area contributed by atoms with E-state index in [2.05, 4.69) is 5.32 Å². The highest BCUT2D eigenvalue weighted by Crippen LogP contribution is 2.29. The van der Waals surface area contributed by atoms with Crippen LogP contribution in [0.1, 0.15) is 11.3 Å². The first-order chi connectivity index (χ1) is 9.74. The molecule has 3 rings (SSSR count). The molecule has 0 spiro atoms. The van der Waals surface area contributed by atoms with Gasteiger partial charge in [-0.25, -0.2) is 0 Å². The van der Waals surface area contributed by atoms with Gasteiger partial charge in [-0.05, 0) is 30.0 Å². The molecule has 1 aromatic heterocycles. The predicted octanol–water partition coefficient (Wildman–Crippen LogP) is 2.67. The number of nitrogens with zero attached hydrogens (tertiary/aromatic N) is 1. The summed E-state index contributed by atoms with van der Waals surface area (Å²) < 4.78 is 0. The Morgan fingerprint density at radius 3 is 2.90 bits per heavy atom. The van der Waals surface area contributed by atoms with E-state index in [0.29, 0.717) is 12.1 Å². The Kier molecular flexibility index (Phi) is 3.52. The summed E-state index contributed by atoms with van der Waals surface area (Å²) in [6.45, 7) is 0.0975. The summed E-state index contributed by atoms with van der Waals surface area (Å²) in [6, 6.07) is 11.4. The number of benzene rings is 1. The quantitative estimate of drug-likeness (QED) is 0.943. The van der Waals surface area contributed by atoms with Crippen LogP contribution in [0.25, 0.3) is 0 Å². The van der Waals surface area contributed by atoms with E-state index in [0.717, 1.165) is 12.1 Å². The van der Waals surface area contributed by atoms with E-state index < -0.39 is 0 Å². The van der Waals surface area contributed by atoms with E-state index in [4.69, 9.17) is 0 Å². The fraction of sp³-hybridized carbons (Fsp3) is 0.200. The maximum absolute atomic E-state index is 12.4. The number of hydrogen-bond acceptors (Lipinski definition) is 3. The van der Waals surface area contributed by atoms with Gasteiger partial charge in [0.25, 0.3) is 0 Å². The number of aryl methyl sites for hydroxylation is 1. The fourth-order valence-corrected chi connectivity index (χ4v) is 2.98. The molecule has 0 atom stereocenters. The minimum Gasteiger partial charge on any atom is -0.323 e. The van der Waals surface area contributed by atoms with Gasteiger partial charge >= 0.3 is 0 Å². The van der Waals surface area contributed by atoms with Crippen LogP contribution in [-0.2, 0) is 16.0 Å². The highest BCUT2D eigenvalue weighted by Gasteiger charge is 2.26. The van der Waals surface area contributed by atoms with E-state index in [1.54, 1.807) is 16.2 Å². The molecule has 0 saturated heterocycles. The average molecular weight is 286 g/mol. The lowest BCUT2D eigenvalue weighted by atomic mass is 10.1. The zero-order valence-corrected chi connectivity index (χ0v) is 11.7. The Bertz CT molecular complexity index is 637. The van der Waals surface area contributed by atoms with Crippen molar-refractivity contribution in [1.82, 2.24) is 0 Å². The van der Waals surface area contributed by atoms with Crippen LogP contribution in [0.3, 0.4) is 0 Å². The van der Waals surface area contributed by atoms with Gasteiger partial charge in [0.2, 0.25) is 11.8 Å². The van der Waals surface area contributed by atoms with Crippen molar-refractivity contribution in [2.24, 2.45) is 0 Å². The van der Waals surface area contributed by atoms with Gasteiger partial charge in [0.1, 0.15) is 6.54 Å². The summed E-state index contributed by atoms with van der Waals surface area (Å²) in [4.78, 5) is 26.8. The minimum atomic E-state index is -0.145. The molecular formula is C15H14N2O2S. The van der Waals surface area contributed by atoms with E-state index in [-0.39, 0.29) is 18.4 Å². The van der Waals surface area contributed by atoms with Crippen molar-refractivity contribution in [2.45, 2.75) is 12.8 Å². The fourth-order valence-electron chi connectivity index (χ4n) is 2.28. The predicted molar refractivity (Wildman–Crippen MR) is 80.1 cm³/mol. The third-order valence-corrected chi connectivity index (χ3v) is 4.17. The van der Waals surface area contributed by atoms with Gasteiger partial charge in [-0.1, -0.05) is 18.2 Å². The Morgan fingerprint density at radius 1 is 1.25 bits per heavy atom. The summed E-state index contributed by atoms with van der Waals surface area (Å²) in [7, 11) is 0. The first-order valence-electron chi connectivity index (χ1n) is 6.45. The second kappa shape index (κ2) is 5.46. The molecule has 2 heterocycles. The normalized spacial score (nSPS) is 13.8. The van der Waals surface area contributed by atoms with Gasteiger partial charge in [-0.3, -0.25) is 9.59 Å².